The van der Waals surface area contributed by atoms with Crippen molar-refractivity contribution in [2.45, 2.75) is 62.6 Å². The number of likely N-dealkylation sites (tertiary alicyclic amines) is 1. The number of ether oxygens (including phenoxy) is 2. The Morgan fingerprint density at radius 2 is 1.93 bits per heavy atom. The van der Waals surface area contributed by atoms with Crippen LogP contribution < -0.4 is 15.4 Å². The first-order valence-corrected chi connectivity index (χ1v) is 14.6. The van der Waals surface area contributed by atoms with Gasteiger partial charge in [0, 0.05) is 57.0 Å². The van der Waals surface area contributed by atoms with Gasteiger partial charge in [0.2, 0.25) is 5.91 Å². The molecule has 2 amide bonds. The predicted molar refractivity (Wildman–Crippen MR) is 152 cm³/mol. The first kappa shape index (κ1) is 29.2. The number of fused-ring (bicyclic) bond motifs is 5. The maximum Gasteiger partial charge on any atom is 0.255 e. The van der Waals surface area contributed by atoms with Gasteiger partial charge in [-0.1, -0.05) is 6.07 Å². The number of benzene rings is 2. The predicted octanol–water partition coefficient (Wildman–Crippen LogP) is 2.55. The Kier molecular flexibility index (Phi) is 8.42. The molecule has 2 fully saturated rings. The van der Waals surface area contributed by atoms with Crippen molar-refractivity contribution in [3.05, 3.63) is 71.8 Å². The van der Waals surface area contributed by atoms with Crippen LogP contribution in [0.2, 0.25) is 0 Å². The van der Waals surface area contributed by atoms with Gasteiger partial charge in [0.1, 0.15) is 23.5 Å². The Hall–Kier alpha value is -3.87. The van der Waals surface area contributed by atoms with Crippen LogP contribution in [-0.4, -0.2) is 81.5 Å². The number of amides is 2. The Morgan fingerprint density at radius 1 is 1.09 bits per heavy atom. The summed E-state index contributed by atoms with van der Waals surface area (Å²) in [5.74, 6) is -1.71. The molecule has 0 radical (unpaired) electrons. The lowest BCUT2D eigenvalue weighted by Crippen LogP contribution is -2.50. The summed E-state index contributed by atoms with van der Waals surface area (Å²) in [5.41, 5.74) is 1.81. The van der Waals surface area contributed by atoms with E-state index in [0.717, 1.165) is 11.8 Å². The summed E-state index contributed by atoms with van der Waals surface area (Å²) in [6, 6.07) is 7.24. The van der Waals surface area contributed by atoms with E-state index in [0.29, 0.717) is 44.3 Å². The second-order valence-corrected chi connectivity index (χ2v) is 11.5. The van der Waals surface area contributed by atoms with E-state index >= 15 is 0 Å². The van der Waals surface area contributed by atoms with Gasteiger partial charge in [-0.2, -0.15) is 0 Å². The molecule has 0 spiro atoms. The molecule has 3 aliphatic heterocycles. The molecular weight excluding hydrogens is 560 g/mol. The van der Waals surface area contributed by atoms with Gasteiger partial charge in [0.05, 0.1) is 42.4 Å². The van der Waals surface area contributed by atoms with Crippen LogP contribution in [0.1, 0.15) is 41.7 Å². The van der Waals surface area contributed by atoms with Crippen LogP contribution in [0.25, 0.3) is 11.1 Å². The molecule has 4 heterocycles. The standard InChI is InChI=1S/C31H35F2N5O5/c1-37-17-34-13-21(37)16-38-15-20-12-26(38)31(41)35-14-29-27(39)7-4-22(43-29)8-9-42-28-10-18(2-5-24(28)30(40)36-20)23-6-3-19(32)11-25(23)33/h2-3,5-6,10-11,13,17,20,22,26-27,29,39H,4,7-9,12,14-16H2,1H3,(H,35,41)(H,36,40)/t20-,22-,26-,27-,29+/m0/s1. The topological polar surface area (TPSA) is 118 Å². The molecular formula is C31H35F2N5O5. The lowest BCUT2D eigenvalue weighted by Gasteiger charge is -2.34. The van der Waals surface area contributed by atoms with Crippen molar-refractivity contribution in [2.24, 2.45) is 7.05 Å². The summed E-state index contributed by atoms with van der Waals surface area (Å²) in [5, 5.41) is 16.6. The third-order valence-corrected chi connectivity index (χ3v) is 8.55. The number of carbonyl (C=O) groups is 2. The SMILES string of the molecule is Cn1cncc1CN1C[C@@H]2C[C@H]1C(=O)NC[C@H]1O[C@H](CCOc3cc(-c4ccc(F)cc4F)ccc3C(=O)N2)CC[C@@H]1O. The zero-order chi connectivity index (χ0) is 30.1. The Labute approximate surface area is 248 Å². The summed E-state index contributed by atoms with van der Waals surface area (Å²) in [4.78, 5) is 33.3. The minimum Gasteiger partial charge on any atom is -0.493 e. The largest absolute Gasteiger partial charge is 0.493 e. The Morgan fingerprint density at radius 3 is 2.72 bits per heavy atom. The lowest BCUT2D eigenvalue weighted by molar-refractivity contribution is -0.133. The highest BCUT2D eigenvalue weighted by atomic mass is 19.1. The minimum absolute atomic E-state index is 0.167. The lowest BCUT2D eigenvalue weighted by atomic mass is 9.99. The molecule has 0 aliphatic carbocycles. The number of aliphatic hydroxyl groups is 1. The summed E-state index contributed by atoms with van der Waals surface area (Å²) in [6.45, 7) is 1.26. The van der Waals surface area contributed by atoms with Crippen LogP contribution >= 0.6 is 0 Å². The number of rotatable bonds is 3. The number of aliphatic hydroxyl groups excluding tert-OH is 1. The molecule has 228 valence electrons. The second-order valence-electron chi connectivity index (χ2n) is 11.5. The van der Waals surface area contributed by atoms with E-state index in [1.165, 1.54) is 12.1 Å². The molecule has 3 aliphatic rings. The monoisotopic (exact) mass is 595 g/mol. The minimum atomic E-state index is -0.721. The van der Waals surface area contributed by atoms with Crippen LogP contribution in [0.3, 0.4) is 0 Å². The number of hydrogen-bond acceptors (Lipinski definition) is 7. The maximum atomic E-state index is 14.6. The Balaban J connectivity index is 1.31. The highest BCUT2D eigenvalue weighted by molar-refractivity contribution is 5.98. The van der Waals surface area contributed by atoms with Gasteiger partial charge >= 0.3 is 0 Å². The van der Waals surface area contributed by atoms with E-state index in [4.69, 9.17) is 9.47 Å². The number of carbonyl (C=O) groups excluding carboxylic acids is 2. The van der Waals surface area contributed by atoms with Crippen molar-refractivity contribution < 1.29 is 33.0 Å². The van der Waals surface area contributed by atoms with Crippen molar-refractivity contribution in [3.8, 4) is 16.9 Å². The quantitative estimate of drug-likeness (QED) is 0.426. The molecule has 2 saturated heterocycles. The molecule has 4 bridgehead atoms. The maximum absolute atomic E-state index is 14.6. The molecule has 0 saturated carbocycles. The van der Waals surface area contributed by atoms with Gasteiger partial charge in [0.25, 0.3) is 5.91 Å². The molecule has 1 aromatic heterocycles. The van der Waals surface area contributed by atoms with Crippen molar-refractivity contribution in [3.63, 3.8) is 0 Å². The molecule has 10 nitrogen and oxygen atoms in total. The fourth-order valence-electron chi connectivity index (χ4n) is 6.15. The number of imidazole rings is 1. The number of aryl methyl sites for hydroxylation is 1. The summed E-state index contributed by atoms with van der Waals surface area (Å²) < 4.78 is 42.3. The Bertz CT molecular complexity index is 1500. The van der Waals surface area contributed by atoms with E-state index in [-0.39, 0.29) is 54.0 Å². The van der Waals surface area contributed by atoms with E-state index in [1.54, 1.807) is 30.7 Å². The van der Waals surface area contributed by atoms with Crippen molar-refractivity contribution >= 4 is 11.8 Å². The normalized spacial score (nSPS) is 26.7. The molecule has 6 rings (SSSR count). The fourth-order valence-corrected chi connectivity index (χ4v) is 6.15. The van der Waals surface area contributed by atoms with Crippen LogP contribution in [0.4, 0.5) is 8.78 Å². The van der Waals surface area contributed by atoms with Gasteiger partial charge < -0.3 is 29.8 Å². The molecule has 43 heavy (non-hydrogen) atoms. The van der Waals surface area contributed by atoms with E-state index in [9.17, 15) is 23.5 Å². The van der Waals surface area contributed by atoms with E-state index < -0.39 is 29.9 Å². The molecule has 5 atom stereocenters. The van der Waals surface area contributed by atoms with E-state index in [1.807, 2.05) is 16.5 Å². The molecule has 2 aromatic carbocycles. The van der Waals surface area contributed by atoms with Gasteiger partial charge in [-0.05, 0) is 49.1 Å². The number of halogens is 2. The zero-order valence-electron chi connectivity index (χ0n) is 23.8. The van der Waals surface area contributed by atoms with Crippen LogP contribution in [0.15, 0.2) is 48.9 Å². The van der Waals surface area contributed by atoms with Gasteiger partial charge in [0.15, 0.2) is 0 Å². The highest BCUT2D eigenvalue weighted by Gasteiger charge is 2.39. The van der Waals surface area contributed by atoms with Crippen molar-refractivity contribution in [1.82, 2.24) is 25.1 Å². The first-order chi connectivity index (χ1) is 20.7. The van der Waals surface area contributed by atoms with Crippen molar-refractivity contribution in [2.75, 3.05) is 19.7 Å². The fraction of sp³-hybridized carbons (Fsp3) is 0.452. The van der Waals surface area contributed by atoms with Crippen LogP contribution in [0.5, 0.6) is 5.75 Å². The highest BCUT2D eigenvalue weighted by Crippen LogP contribution is 2.31. The number of nitrogens with zero attached hydrogens (tertiary/aromatic N) is 3. The van der Waals surface area contributed by atoms with Crippen LogP contribution in [-0.2, 0) is 23.1 Å². The average Bonchev–Trinajstić information content (AvgIpc) is 3.57. The third kappa shape index (κ3) is 6.41. The molecule has 12 heteroatoms. The van der Waals surface area contributed by atoms with E-state index in [2.05, 4.69) is 15.6 Å². The number of aromatic nitrogens is 2. The average molecular weight is 596 g/mol. The summed E-state index contributed by atoms with van der Waals surface area (Å²) in [7, 11) is 1.88. The molecule has 3 aromatic rings. The summed E-state index contributed by atoms with van der Waals surface area (Å²) >= 11 is 0. The second kappa shape index (κ2) is 12.4. The smallest absolute Gasteiger partial charge is 0.255 e. The number of hydrogen-bond donors (Lipinski definition) is 3. The molecule has 0 unspecified atom stereocenters. The van der Waals surface area contributed by atoms with Gasteiger partial charge in [-0.3, -0.25) is 14.5 Å². The van der Waals surface area contributed by atoms with Gasteiger partial charge in [-0.25, -0.2) is 13.8 Å². The first-order valence-electron chi connectivity index (χ1n) is 14.6. The number of nitrogens with one attached hydrogen (secondary N) is 2. The summed E-state index contributed by atoms with van der Waals surface area (Å²) in [6.07, 6.45) is 3.97. The third-order valence-electron chi connectivity index (χ3n) is 8.55. The van der Waals surface area contributed by atoms with Crippen molar-refractivity contribution in [1.29, 1.82) is 0 Å². The van der Waals surface area contributed by atoms with Gasteiger partial charge in [-0.15, -0.1) is 0 Å². The van der Waals surface area contributed by atoms with Crippen LogP contribution in [0, 0.1) is 11.6 Å². The molecule has 3 N–H and O–H groups in total. The zero-order valence-corrected chi connectivity index (χ0v) is 23.8.